The Kier molecular flexibility index (Phi) is 6.33. The second kappa shape index (κ2) is 8.89. The second-order valence-electron chi connectivity index (χ2n) is 6.26. The summed E-state index contributed by atoms with van der Waals surface area (Å²) in [7, 11) is 3.56. The zero-order valence-corrected chi connectivity index (χ0v) is 16.6. The Morgan fingerprint density at radius 1 is 1.31 bits per heavy atom. The number of aromatic nitrogens is 1. The SMILES string of the molecule is CN=C(NCCc1csc(C)n1)N1CCN(c2cccc(OC)c2)CC1. The fourth-order valence-corrected chi connectivity index (χ4v) is 3.79. The lowest BCUT2D eigenvalue weighted by molar-refractivity contribution is 0.372. The Balaban J connectivity index is 1.49. The number of rotatable bonds is 5. The van der Waals surface area contributed by atoms with Gasteiger partial charge in [-0.3, -0.25) is 4.99 Å². The maximum Gasteiger partial charge on any atom is 0.193 e. The molecule has 0 unspecified atom stereocenters. The van der Waals surface area contributed by atoms with Crippen molar-refractivity contribution in [3.8, 4) is 5.75 Å². The zero-order chi connectivity index (χ0) is 18.4. The van der Waals surface area contributed by atoms with Gasteiger partial charge in [0.05, 0.1) is 17.8 Å². The molecule has 1 aromatic heterocycles. The quantitative estimate of drug-likeness (QED) is 0.644. The molecular formula is C19H27N5OS. The van der Waals surface area contributed by atoms with E-state index in [4.69, 9.17) is 4.74 Å². The van der Waals surface area contributed by atoms with Crippen LogP contribution >= 0.6 is 11.3 Å². The number of aliphatic imine (C=N–C) groups is 1. The van der Waals surface area contributed by atoms with Gasteiger partial charge in [0.2, 0.25) is 0 Å². The second-order valence-corrected chi connectivity index (χ2v) is 7.32. The molecule has 1 saturated heterocycles. The first-order valence-electron chi connectivity index (χ1n) is 8.95. The topological polar surface area (TPSA) is 53.0 Å². The van der Waals surface area contributed by atoms with Crippen molar-refractivity contribution in [3.63, 3.8) is 0 Å². The number of hydrogen-bond acceptors (Lipinski definition) is 5. The number of guanidine groups is 1. The summed E-state index contributed by atoms with van der Waals surface area (Å²) in [5.41, 5.74) is 2.36. The van der Waals surface area contributed by atoms with E-state index in [0.717, 1.165) is 61.6 Å². The maximum absolute atomic E-state index is 5.33. The summed E-state index contributed by atoms with van der Waals surface area (Å²) in [6.07, 6.45) is 0.924. The van der Waals surface area contributed by atoms with Gasteiger partial charge in [-0.2, -0.15) is 0 Å². The molecule has 1 aromatic carbocycles. The Bertz CT molecular complexity index is 737. The van der Waals surface area contributed by atoms with Gasteiger partial charge in [-0.15, -0.1) is 11.3 Å². The number of piperazine rings is 1. The van der Waals surface area contributed by atoms with Gasteiger partial charge in [0, 0.05) is 63.3 Å². The number of ether oxygens (including phenoxy) is 1. The molecule has 0 atom stereocenters. The number of nitrogens with zero attached hydrogens (tertiary/aromatic N) is 4. The van der Waals surface area contributed by atoms with Crippen molar-refractivity contribution in [3.05, 3.63) is 40.3 Å². The monoisotopic (exact) mass is 373 g/mol. The van der Waals surface area contributed by atoms with Gasteiger partial charge in [-0.25, -0.2) is 4.98 Å². The zero-order valence-electron chi connectivity index (χ0n) is 15.7. The lowest BCUT2D eigenvalue weighted by Gasteiger charge is -2.37. The van der Waals surface area contributed by atoms with E-state index in [1.54, 1.807) is 18.4 Å². The van der Waals surface area contributed by atoms with Gasteiger partial charge in [0.25, 0.3) is 0 Å². The molecule has 6 nitrogen and oxygen atoms in total. The number of anilines is 1. The van der Waals surface area contributed by atoms with Gasteiger partial charge in [-0.1, -0.05) is 6.07 Å². The highest BCUT2D eigenvalue weighted by molar-refractivity contribution is 7.09. The summed E-state index contributed by atoms with van der Waals surface area (Å²) in [4.78, 5) is 13.7. The Morgan fingerprint density at radius 3 is 2.77 bits per heavy atom. The van der Waals surface area contributed by atoms with E-state index < -0.39 is 0 Å². The van der Waals surface area contributed by atoms with Crippen LogP contribution in [0.25, 0.3) is 0 Å². The summed E-state index contributed by atoms with van der Waals surface area (Å²) in [6.45, 7) is 6.74. The molecule has 2 aromatic rings. The molecular weight excluding hydrogens is 346 g/mol. The van der Waals surface area contributed by atoms with E-state index in [1.165, 1.54) is 5.69 Å². The first kappa shape index (κ1) is 18.5. The molecule has 1 aliphatic heterocycles. The van der Waals surface area contributed by atoms with Crippen LogP contribution in [0.3, 0.4) is 0 Å². The normalized spacial score (nSPS) is 15.3. The minimum Gasteiger partial charge on any atom is -0.497 e. The first-order chi connectivity index (χ1) is 12.7. The largest absolute Gasteiger partial charge is 0.497 e. The molecule has 0 amide bonds. The van der Waals surface area contributed by atoms with Crippen LogP contribution in [0.5, 0.6) is 5.75 Å². The Labute approximate surface area is 159 Å². The van der Waals surface area contributed by atoms with E-state index in [0.29, 0.717) is 0 Å². The van der Waals surface area contributed by atoms with Crippen molar-refractivity contribution >= 4 is 23.0 Å². The van der Waals surface area contributed by atoms with Crippen molar-refractivity contribution in [1.82, 2.24) is 15.2 Å². The van der Waals surface area contributed by atoms with Gasteiger partial charge in [0.15, 0.2) is 5.96 Å². The molecule has 0 radical (unpaired) electrons. The molecule has 7 heteroatoms. The third-order valence-corrected chi connectivity index (χ3v) is 5.36. The summed E-state index contributed by atoms with van der Waals surface area (Å²) in [5.74, 6) is 1.88. The predicted octanol–water partition coefficient (Wildman–Crippen LogP) is 2.40. The van der Waals surface area contributed by atoms with Crippen molar-refractivity contribution in [1.29, 1.82) is 0 Å². The van der Waals surface area contributed by atoms with Gasteiger partial charge >= 0.3 is 0 Å². The first-order valence-corrected chi connectivity index (χ1v) is 9.83. The average molecular weight is 374 g/mol. The van der Waals surface area contributed by atoms with Crippen LogP contribution in [0.15, 0.2) is 34.6 Å². The fourth-order valence-electron chi connectivity index (χ4n) is 3.14. The third kappa shape index (κ3) is 4.66. The number of hydrogen-bond donors (Lipinski definition) is 1. The highest BCUT2D eigenvalue weighted by Gasteiger charge is 2.20. The minimum absolute atomic E-state index is 0.853. The van der Waals surface area contributed by atoms with Gasteiger partial charge in [0.1, 0.15) is 5.75 Å². The maximum atomic E-state index is 5.33. The lowest BCUT2D eigenvalue weighted by Crippen LogP contribution is -2.52. The van der Waals surface area contributed by atoms with Crippen LogP contribution in [-0.2, 0) is 6.42 Å². The number of thiazole rings is 1. The van der Waals surface area contributed by atoms with Crippen LogP contribution in [0, 0.1) is 6.92 Å². The molecule has 0 bridgehead atoms. The molecule has 2 heterocycles. The third-order valence-electron chi connectivity index (χ3n) is 4.54. The van der Waals surface area contributed by atoms with Crippen molar-refractivity contribution in [2.75, 3.05) is 51.8 Å². The number of nitrogens with one attached hydrogen (secondary N) is 1. The highest BCUT2D eigenvalue weighted by atomic mass is 32.1. The molecule has 0 aliphatic carbocycles. The van der Waals surface area contributed by atoms with Crippen LogP contribution < -0.4 is 15.0 Å². The Hall–Kier alpha value is -2.28. The fraction of sp³-hybridized carbons (Fsp3) is 0.474. The number of methoxy groups -OCH3 is 1. The summed E-state index contributed by atoms with van der Waals surface area (Å²) in [6, 6.07) is 8.26. The van der Waals surface area contributed by atoms with Gasteiger partial charge < -0.3 is 19.9 Å². The molecule has 1 N–H and O–H groups in total. The van der Waals surface area contributed by atoms with E-state index in [2.05, 4.69) is 42.6 Å². The van der Waals surface area contributed by atoms with Crippen molar-refractivity contribution in [2.45, 2.75) is 13.3 Å². The number of aryl methyl sites for hydroxylation is 1. The van der Waals surface area contributed by atoms with Gasteiger partial charge in [-0.05, 0) is 19.1 Å². The molecule has 26 heavy (non-hydrogen) atoms. The summed E-state index contributed by atoms with van der Waals surface area (Å²) < 4.78 is 5.33. The molecule has 1 aliphatic rings. The van der Waals surface area contributed by atoms with Crippen molar-refractivity contribution < 1.29 is 4.74 Å². The van der Waals surface area contributed by atoms with E-state index in [9.17, 15) is 0 Å². The smallest absolute Gasteiger partial charge is 0.193 e. The van der Waals surface area contributed by atoms with E-state index in [-0.39, 0.29) is 0 Å². The lowest BCUT2D eigenvalue weighted by atomic mass is 10.2. The molecule has 0 saturated carbocycles. The molecule has 1 fully saturated rings. The summed E-state index contributed by atoms with van der Waals surface area (Å²) in [5, 5.41) is 6.73. The van der Waals surface area contributed by atoms with Crippen molar-refractivity contribution in [2.24, 2.45) is 4.99 Å². The number of benzene rings is 1. The summed E-state index contributed by atoms with van der Waals surface area (Å²) >= 11 is 1.70. The van der Waals surface area contributed by atoms with E-state index >= 15 is 0 Å². The molecule has 140 valence electrons. The van der Waals surface area contributed by atoms with Crippen LogP contribution in [0.1, 0.15) is 10.7 Å². The minimum atomic E-state index is 0.853. The standard InChI is InChI=1S/C19H27N5OS/c1-15-22-16(14-26-15)7-8-21-19(20-2)24-11-9-23(10-12-24)17-5-4-6-18(13-17)25-3/h4-6,13-14H,7-12H2,1-3H3,(H,20,21). The van der Waals surface area contributed by atoms with Crippen LogP contribution in [0.2, 0.25) is 0 Å². The van der Waals surface area contributed by atoms with Crippen LogP contribution in [0.4, 0.5) is 5.69 Å². The highest BCUT2D eigenvalue weighted by Crippen LogP contribution is 2.22. The average Bonchev–Trinajstić information content (AvgIpc) is 3.10. The molecule has 0 spiro atoms. The molecule has 3 rings (SSSR count). The van der Waals surface area contributed by atoms with E-state index in [1.807, 2.05) is 26.1 Å². The predicted molar refractivity (Wildman–Crippen MR) is 109 cm³/mol. The Morgan fingerprint density at radius 2 is 2.12 bits per heavy atom. The van der Waals surface area contributed by atoms with Crippen LogP contribution in [-0.4, -0.2) is 62.7 Å².